The molecule has 0 bridgehead atoms. The van der Waals surface area contributed by atoms with Crippen molar-refractivity contribution in [3.63, 3.8) is 0 Å². The molecule has 5 nitrogen and oxygen atoms in total. The van der Waals surface area contributed by atoms with Crippen molar-refractivity contribution in [3.05, 3.63) is 65.2 Å². The van der Waals surface area contributed by atoms with Gasteiger partial charge in [-0.15, -0.1) is 0 Å². The molecule has 1 amide bonds. The molecule has 1 N–H and O–H groups in total. The lowest BCUT2D eigenvalue weighted by molar-refractivity contribution is 0.0989. The lowest BCUT2D eigenvalue weighted by Gasteiger charge is -2.18. The summed E-state index contributed by atoms with van der Waals surface area (Å²) in [4.78, 5) is 14.4. The predicted octanol–water partition coefficient (Wildman–Crippen LogP) is 1.94. The van der Waals surface area contributed by atoms with Crippen molar-refractivity contribution in [1.29, 1.82) is 0 Å². The molecule has 2 aromatic rings. The number of sulfonamides is 1. The fourth-order valence-corrected chi connectivity index (χ4v) is 3.13. The summed E-state index contributed by atoms with van der Waals surface area (Å²) in [5.41, 5.74) is 3.46. The lowest BCUT2D eigenvalue weighted by Crippen LogP contribution is -2.29. The number of hydrogen-bond acceptors (Lipinski definition) is 3. The van der Waals surface area contributed by atoms with Crippen LogP contribution in [0.5, 0.6) is 0 Å². The first-order chi connectivity index (χ1) is 10.9. The van der Waals surface area contributed by atoms with Gasteiger partial charge in [0.2, 0.25) is 10.0 Å². The van der Waals surface area contributed by atoms with Crippen LogP contribution in [-0.2, 0) is 23.0 Å². The zero-order valence-corrected chi connectivity index (χ0v) is 13.6. The molecule has 0 aromatic heterocycles. The molecule has 120 valence electrons. The number of nitrogens with one attached hydrogen (secondary N) is 1. The van der Waals surface area contributed by atoms with E-state index in [9.17, 15) is 13.2 Å². The first-order valence-corrected chi connectivity index (χ1v) is 9.26. The quantitative estimate of drug-likeness (QED) is 0.931. The van der Waals surface area contributed by atoms with Crippen LogP contribution in [0.25, 0.3) is 0 Å². The van der Waals surface area contributed by atoms with Crippen molar-refractivity contribution in [2.24, 2.45) is 0 Å². The van der Waals surface area contributed by atoms with E-state index in [1.54, 1.807) is 17.0 Å². The van der Waals surface area contributed by atoms with Gasteiger partial charge in [-0.05, 0) is 35.7 Å². The molecule has 1 heterocycles. The minimum Gasteiger partial charge on any atom is -0.308 e. The van der Waals surface area contributed by atoms with E-state index in [4.69, 9.17) is 0 Å². The summed E-state index contributed by atoms with van der Waals surface area (Å²) in [5, 5.41) is 0. The van der Waals surface area contributed by atoms with Gasteiger partial charge >= 0.3 is 0 Å². The molecular weight excluding hydrogens is 312 g/mol. The Labute approximate surface area is 136 Å². The Bertz CT molecular complexity index is 832. The van der Waals surface area contributed by atoms with E-state index >= 15 is 0 Å². The SMILES string of the molecule is CS(=O)(=O)NCc1ccc2c(c1)N(C(=O)c1ccccc1)CC2. The van der Waals surface area contributed by atoms with Gasteiger partial charge < -0.3 is 4.90 Å². The smallest absolute Gasteiger partial charge is 0.258 e. The molecule has 0 unspecified atom stereocenters. The summed E-state index contributed by atoms with van der Waals surface area (Å²) in [6.45, 7) is 0.867. The minimum atomic E-state index is -3.24. The normalized spacial score (nSPS) is 13.9. The number of anilines is 1. The van der Waals surface area contributed by atoms with Crippen LogP contribution in [-0.4, -0.2) is 27.1 Å². The summed E-state index contributed by atoms with van der Waals surface area (Å²) < 4.78 is 24.9. The molecule has 0 aliphatic carbocycles. The van der Waals surface area contributed by atoms with Crippen LogP contribution in [0.4, 0.5) is 5.69 Å². The monoisotopic (exact) mass is 330 g/mol. The van der Waals surface area contributed by atoms with Crippen LogP contribution in [0.2, 0.25) is 0 Å². The Hall–Kier alpha value is -2.18. The fourth-order valence-electron chi connectivity index (χ4n) is 2.70. The molecule has 2 aromatic carbocycles. The number of carbonyl (C=O) groups is 1. The highest BCUT2D eigenvalue weighted by Crippen LogP contribution is 2.30. The van der Waals surface area contributed by atoms with Gasteiger partial charge in [0.1, 0.15) is 0 Å². The number of hydrogen-bond donors (Lipinski definition) is 1. The van der Waals surface area contributed by atoms with Gasteiger partial charge in [0.25, 0.3) is 5.91 Å². The van der Waals surface area contributed by atoms with Crippen molar-refractivity contribution >= 4 is 21.6 Å². The minimum absolute atomic E-state index is 0.0300. The average Bonchev–Trinajstić information content (AvgIpc) is 2.95. The summed E-state index contributed by atoms with van der Waals surface area (Å²) in [6, 6.07) is 14.9. The first kappa shape index (κ1) is 15.7. The zero-order chi connectivity index (χ0) is 16.4. The molecule has 23 heavy (non-hydrogen) atoms. The molecule has 1 aliphatic rings. The summed E-state index contributed by atoms with van der Waals surface area (Å²) in [7, 11) is -3.24. The zero-order valence-electron chi connectivity index (χ0n) is 12.8. The van der Waals surface area contributed by atoms with E-state index in [2.05, 4.69) is 4.72 Å². The second kappa shape index (κ2) is 6.14. The van der Waals surface area contributed by atoms with E-state index in [1.165, 1.54) is 0 Å². The van der Waals surface area contributed by atoms with Crippen LogP contribution >= 0.6 is 0 Å². The average molecular weight is 330 g/mol. The number of rotatable bonds is 4. The van der Waals surface area contributed by atoms with Crippen LogP contribution in [0, 0.1) is 0 Å². The molecule has 0 spiro atoms. The second-order valence-corrected chi connectivity index (χ2v) is 7.46. The fraction of sp³-hybridized carbons (Fsp3) is 0.235. The third kappa shape index (κ3) is 3.60. The largest absolute Gasteiger partial charge is 0.308 e. The van der Waals surface area contributed by atoms with E-state index in [1.807, 2.05) is 36.4 Å². The molecule has 0 radical (unpaired) electrons. The number of fused-ring (bicyclic) bond motifs is 1. The third-order valence-corrected chi connectivity index (χ3v) is 4.52. The van der Waals surface area contributed by atoms with Crippen molar-refractivity contribution in [1.82, 2.24) is 4.72 Å². The molecule has 0 fully saturated rings. The van der Waals surface area contributed by atoms with Crippen molar-refractivity contribution in [2.75, 3.05) is 17.7 Å². The summed E-state index contributed by atoms with van der Waals surface area (Å²) in [6.07, 6.45) is 1.94. The van der Waals surface area contributed by atoms with Crippen LogP contribution in [0.1, 0.15) is 21.5 Å². The van der Waals surface area contributed by atoms with E-state index in [0.717, 1.165) is 29.5 Å². The van der Waals surface area contributed by atoms with Crippen molar-refractivity contribution < 1.29 is 13.2 Å². The predicted molar refractivity (Wildman–Crippen MR) is 89.9 cm³/mol. The third-order valence-electron chi connectivity index (χ3n) is 3.85. The summed E-state index contributed by atoms with van der Waals surface area (Å²) >= 11 is 0. The van der Waals surface area contributed by atoms with Crippen LogP contribution < -0.4 is 9.62 Å². The highest BCUT2D eigenvalue weighted by molar-refractivity contribution is 7.88. The van der Waals surface area contributed by atoms with Crippen molar-refractivity contribution in [2.45, 2.75) is 13.0 Å². The lowest BCUT2D eigenvalue weighted by atomic mass is 10.1. The van der Waals surface area contributed by atoms with E-state index < -0.39 is 10.0 Å². The van der Waals surface area contributed by atoms with Gasteiger partial charge in [0.15, 0.2) is 0 Å². The number of nitrogens with zero attached hydrogens (tertiary/aromatic N) is 1. The maximum Gasteiger partial charge on any atom is 0.258 e. The Morgan fingerprint density at radius 3 is 2.61 bits per heavy atom. The highest BCUT2D eigenvalue weighted by atomic mass is 32.2. The van der Waals surface area contributed by atoms with E-state index in [-0.39, 0.29) is 12.5 Å². The molecular formula is C17H18N2O3S. The maximum absolute atomic E-state index is 12.7. The molecule has 0 atom stereocenters. The Kier molecular flexibility index (Phi) is 4.19. The Morgan fingerprint density at radius 2 is 1.91 bits per heavy atom. The van der Waals surface area contributed by atoms with Gasteiger partial charge in [0.05, 0.1) is 6.26 Å². The molecule has 0 saturated carbocycles. The molecule has 0 saturated heterocycles. The van der Waals surface area contributed by atoms with Crippen molar-refractivity contribution in [3.8, 4) is 0 Å². The van der Waals surface area contributed by atoms with Crippen LogP contribution in [0.3, 0.4) is 0 Å². The molecule has 3 rings (SSSR count). The maximum atomic E-state index is 12.7. The second-order valence-electron chi connectivity index (χ2n) is 5.63. The topological polar surface area (TPSA) is 66.5 Å². The van der Waals surface area contributed by atoms with Gasteiger partial charge in [0, 0.05) is 24.3 Å². The first-order valence-electron chi connectivity index (χ1n) is 7.37. The number of amides is 1. The number of carbonyl (C=O) groups excluding carboxylic acids is 1. The van der Waals surface area contributed by atoms with Crippen LogP contribution in [0.15, 0.2) is 48.5 Å². The van der Waals surface area contributed by atoms with Gasteiger partial charge in [-0.2, -0.15) is 0 Å². The number of benzene rings is 2. The highest BCUT2D eigenvalue weighted by Gasteiger charge is 2.25. The molecule has 1 aliphatic heterocycles. The van der Waals surface area contributed by atoms with Gasteiger partial charge in [-0.3, -0.25) is 4.79 Å². The molecule has 6 heteroatoms. The van der Waals surface area contributed by atoms with Gasteiger partial charge in [-0.1, -0.05) is 30.3 Å². The van der Waals surface area contributed by atoms with Gasteiger partial charge in [-0.25, -0.2) is 13.1 Å². The standard InChI is InChI=1S/C17H18N2O3S/c1-23(21,22)18-12-13-7-8-14-9-10-19(16(14)11-13)17(20)15-5-3-2-4-6-15/h2-8,11,18H,9-10,12H2,1H3. The summed E-state index contributed by atoms with van der Waals surface area (Å²) in [5.74, 6) is -0.0300. The Morgan fingerprint density at radius 1 is 1.17 bits per heavy atom. The Balaban J connectivity index is 1.85. The van der Waals surface area contributed by atoms with E-state index in [0.29, 0.717) is 12.1 Å².